The topological polar surface area (TPSA) is 23.5 Å². The van der Waals surface area contributed by atoms with E-state index in [2.05, 4.69) is 25.7 Å². The van der Waals surface area contributed by atoms with E-state index in [-0.39, 0.29) is 0 Å². The zero-order valence-electron chi connectivity index (χ0n) is 11.3. The van der Waals surface area contributed by atoms with E-state index < -0.39 is 0 Å². The predicted molar refractivity (Wildman–Crippen MR) is 69.6 cm³/mol. The van der Waals surface area contributed by atoms with Gasteiger partial charge in [0.15, 0.2) is 0 Å². The Morgan fingerprint density at radius 3 is 2.62 bits per heavy atom. The zero-order chi connectivity index (χ0) is 12.0. The van der Waals surface area contributed by atoms with E-state index in [9.17, 15) is 0 Å². The van der Waals surface area contributed by atoms with Gasteiger partial charge in [-0.15, -0.1) is 0 Å². The van der Waals surface area contributed by atoms with Crippen molar-refractivity contribution in [2.24, 2.45) is 5.92 Å². The number of unbranched alkanes of at least 4 members (excludes halogenated alkanes) is 2. The van der Waals surface area contributed by atoms with Gasteiger partial charge in [0.25, 0.3) is 0 Å². The molecule has 1 N–H and O–H groups in total. The maximum atomic E-state index is 9.01. The number of hydrogen-bond donors (Lipinski definition) is 1. The number of hydrogen-bond acceptors (Lipinski definition) is 2. The van der Waals surface area contributed by atoms with Crippen LogP contribution in [0.2, 0.25) is 0 Å². The van der Waals surface area contributed by atoms with E-state index in [0.717, 1.165) is 12.3 Å². The molecule has 0 spiro atoms. The first-order chi connectivity index (χ1) is 7.60. The molecule has 1 unspecified atom stereocenters. The molecule has 1 fully saturated rings. The molecule has 0 aromatic rings. The summed E-state index contributed by atoms with van der Waals surface area (Å²) < 4.78 is 0. The molecule has 1 saturated heterocycles. The first-order valence-corrected chi connectivity index (χ1v) is 6.96. The standard InChI is InChI=1S/C14H29NO/c1-4-5-6-9-15-10-7-13(8-11-16)12-14(15,2)3/h13,16H,4-12H2,1-3H3. The summed E-state index contributed by atoms with van der Waals surface area (Å²) in [7, 11) is 0. The molecule has 1 rings (SSSR count). The monoisotopic (exact) mass is 227 g/mol. The Kier molecular flexibility index (Phi) is 5.77. The van der Waals surface area contributed by atoms with Gasteiger partial charge >= 0.3 is 0 Å². The Hall–Kier alpha value is -0.0800. The minimum Gasteiger partial charge on any atom is -0.396 e. The van der Waals surface area contributed by atoms with E-state index >= 15 is 0 Å². The van der Waals surface area contributed by atoms with Crippen LogP contribution in [0, 0.1) is 5.92 Å². The lowest BCUT2D eigenvalue weighted by molar-refractivity contribution is 0.0378. The quantitative estimate of drug-likeness (QED) is 0.705. The third-order valence-corrected chi connectivity index (χ3v) is 4.02. The zero-order valence-corrected chi connectivity index (χ0v) is 11.3. The van der Waals surface area contributed by atoms with Gasteiger partial charge in [0.1, 0.15) is 0 Å². The molecule has 0 saturated carbocycles. The molecule has 0 aromatic heterocycles. The van der Waals surface area contributed by atoms with Gasteiger partial charge in [-0.3, -0.25) is 4.90 Å². The Labute approximate surface area is 101 Å². The number of likely N-dealkylation sites (tertiary alicyclic amines) is 1. The van der Waals surface area contributed by atoms with Crippen molar-refractivity contribution in [2.75, 3.05) is 19.7 Å². The molecule has 0 amide bonds. The fraction of sp³-hybridized carbons (Fsp3) is 1.00. The molecular formula is C14H29NO. The van der Waals surface area contributed by atoms with Gasteiger partial charge in [-0.05, 0) is 58.5 Å². The van der Waals surface area contributed by atoms with Crippen molar-refractivity contribution in [3.05, 3.63) is 0 Å². The molecule has 0 aliphatic carbocycles. The van der Waals surface area contributed by atoms with E-state index in [0.29, 0.717) is 12.1 Å². The predicted octanol–water partition coefficient (Wildman–Crippen LogP) is 3.05. The van der Waals surface area contributed by atoms with Gasteiger partial charge < -0.3 is 5.11 Å². The summed E-state index contributed by atoms with van der Waals surface area (Å²) in [4.78, 5) is 2.65. The summed E-state index contributed by atoms with van der Waals surface area (Å²) in [5.74, 6) is 0.738. The number of piperidine rings is 1. The van der Waals surface area contributed by atoms with E-state index in [1.54, 1.807) is 0 Å². The second kappa shape index (κ2) is 6.61. The maximum Gasteiger partial charge on any atom is 0.0433 e. The highest BCUT2D eigenvalue weighted by Gasteiger charge is 2.33. The lowest BCUT2D eigenvalue weighted by Gasteiger charge is -2.46. The fourth-order valence-electron chi connectivity index (χ4n) is 2.97. The van der Waals surface area contributed by atoms with Crippen LogP contribution < -0.4 is 0 Å². The number of aliphatic hydroxyl groups excluding tert-OH is 1. The van der Waals surface area contributed by atoms with E-state index in [1.807, 2.05) is 0 Å². The molecule has 1 atom stereocenters. The molecule has 0 radical (unpaired) electrons. The lowest BCUT2D eigenvalue weighted by atomic mass is 9.81. The average Bonchev–Trinajstić information content (AvgIpc) is 2.21. The molecule has 1 aliphatic heterocycles. The van der Waals surface area contributed by atoms with Gasteiger partial charge in [-0.2, -0.15) is 0 Å². The van der Waals surface area contributed by atoms with Crippen LogP contribution >= 0.6 is 0 Å². The second-order valence-corrected chi connectivity index (χ2v) is 5.88. The normalized spacial score (nSPS) is 25.9. The molecule has 2 nitrogen and oxygen atoms in total. The van der Waals surface area contributed by atoms with Crippen LogP contribution in [-0.2, 0) is 0 Å². The number of nitrogens with zero attached hydrogens (tertiary/aromatic N) is 1. The minimum absolute atomic E-state index is 0.339. The molecule has 0 aromatic carbocycles. The summed E-state index contributed by atoms with van der Waals surface area (Å²) >= 11 is 0. The van der Waals surface area contributed by atoms with Crippen LogP contribution in [0.3, 0.4) is 0 Å². The van der Waals surface area contributed by atoms with Crippen molar-refractivity contribution < 1.29 is 5.11 Å². The first kappa shape index (κ1) is 14.0. The van der Waals surface area contributed by atoms with Crippen molar-refractivity contribution in [1.82, 2.24) is 4.90 Å². The number of rotatable bonds is 6. The van der Waals surface area contributed by atoms with Crippen molar-refractivity contribution in [2.45, 2.75) is 64.8 Å². The second-order valence-electron chi connectivity index (χ2n) is 5.88. The highest BCUT2D eigenvalue weighted by Crippen LogP contribution is 2.33. The van der Waals surface area contributed by atoms with E-state index in [4.69, 9.17) is 5.11 Å². The molecule has 1 heterocycles. The molecular weight excluding hydrogens is 198 g/mol. The van der Waals surface area contributed by atoms with Gasteiger partial charge in [-0.1, -0.05) is 19.8 Å². The first-order valence-electron chi connectivity index (χ1n) is 6.96. The minimum atomic E-state index is 0.339. The third kappa shape index (κ3) is 4.06. The Bertz CT molecular complexity index is 191. The highest BCUT2D eigenvalue weighted by atomic mass is 16.3. The smallest absolute Gasteiger partial charge is 0.0433 e. The van der Waals surface area contributed by atoms with Crippen LogP contribution in [0.15, 0.2) is 0 Å². The van der Waals surface area contributed by atoms with E-state index in [1.165, 1.54) is 45.2 Å². The van der Waals surface area contributed by atoms with Gasteiger partial charge in [0.2, 0.25) is 0 Å². The van der Waals surface area contributed by atoms with Crippen LogP contribution in [-0.4, -0.2) is 35.2 Å². The SMILES string of the molecule is CCCCCN1CCC(CCO)CC1(C)C. The van der Waals surface area contributed by atoms with Crippen LogP contribution in [0.25, 0.3) is 0 Å². The van der Waals surface area contributed by atoms with Crippen LogP contribution in [0.1, 0.15) is 59.3 Å². The summed E-state index contributed by atoms with van der Waals surface area (Å²) in [6.07, 6.45) is 7.51. The molecule has 1 aliphatic rings. The summed E-state index contributed by atoms with van der Waals surface area (Å²) in [5.41, 5.74) is 0.339. The summed E-state index contributed by atoms with van der Waals surface area (Å²) in [6.45, 7) is 9.83. The van der Waals surface area contributed by atoms with Gasteiger partial charge in [-0.25, -0.2) is 0 Å². The van der Waals surface area contributed by atoms with Crippen molar-refractivity contribution in [3.63, 3.8) is 0 Å². The Balaban J connectivity index is 2.37. The molecule has 96 valence electrons. The van der Waals surface area contributed by atoms with Gasteiger partial charge in [0.05, 0.1) is 0 Å². The molecule has 0 bridgehead atoms. The van der Waals surface area contributed by atoms with Crippen LogP contribution in [0.5, 0.6) is 0 Å². The fourth-order valence-corrected chi connectivity index (χ4v) is 2.97. The summed E-state index contributed by atoms with van der Waals surface area (Å²) in [6, 6.07) is 0. The Morgan fingerprint density at radius 2 is 2.06 bits per heavy atom. The largest absolute Gasteiger partial charge is 0.396 e. The lowest BCUT2D eigenvalue weighted by Crippen LogP contribution is -2.50. The maximum absolute atomic E-state index is 9.01. The molecule has 16 heavy (non-hydrogen) atoms. The number of aliphatic hydroxyl groups is 1. The van der Waals surface area contributed by atoms with Crippen molar-refractivity contribution in [3.8, 4) is 0 Å². The van der Waals surface area contributed by atoms with Crippen molar-refractivity contribution >= 4 is 0 Å². The summed E-state index contributed by atoms with van der Waals surface area (Å²) in [5, 5.41) is 9.01. The average molecular weight is 227 g/mol. The molecule has 2 heteroatoms. The van der Waals surface area contributed by atoms with Gasteiger partial charge in [0, 0.05) is 12.1 Å². The van der Waals surface area contributed by atoms with Crippen LogP contribution in [0.4, 0.5) is 0 Å². The Morgan fingerprint density at radius 1 is 1.31 bits per heavy atom. The third-order valence-electron chi connectivity index (χ3n) is 4.02. The van der Waals surface area contributed by atoms with Crippen molar-refractivity contribution in [1.29, 1.82) is 0 Å². The highest BCUT2D eigenvalue weighted by molar-refractivity contribution is 4.89.